The number of halogens is 1. The molecular weight excluding hydrogens is 530 g/mol. The maximum Gasteiger partial charge on any atom is 0.253 e. The molecule has 8 nitrogen and oxygen atoms in total. The first-order chi connectivity index (χ1) is 18.9. The first-order valence-corrected chi connectivity index (χ1v) is 13.9. The fraction of sp³-hybridized carbons (Fsp3) is 0.452. The zero-order valence-corrected chi connectivity index (χ0v) is 23.6. The number of hydrogen-bond donors (Lipinski definition) is 0. The number of carbonyl (C=O) groups excluding carboxylic acids is 5. The molecule has 6 rings (SSSR count). The molecule has 0 aromatic heterocycles. The Morgan fingerprint density at radius 3 is 1.55 bits per heavy atom. The Morgan fingerprint density at radius 1 is 0.650 bits per heavy atom. The molecule has 4 atom stereocenters. The van der Waals surface area contributed by atoms with Crippen LogP contribution in [0.15, 0.2) is 60.7 Å². The number of amides is 5. The SMILES string of the molecule is CC(=O)N1CCCC2C(=O)N(Cc3ccccc3)C(=O)[C@H]21.Cl.O=C1C2CCCC[C@@H]2C(=O)N1Cc1ccccc1. The first kappa shape index (κ1) is 29.5. The Labute approximate surface area is 241 Å². The number of piperidine rings is 1. The van der Waals surface area contributed by atoms with E-state index >= 15 is 0 Å². The van der Waals surface area contributed by atoms with Gasteiger partial charge in [-0.05, 0) is 36.8 Å². The third-order valence-electron chi connectivity index (χ3n) is 8.44. The fourth-order valence-electron chi connectivity index (χ4n) is 6.46. The summed E-state index contributed by atoms with van der Waals surface area (Å²) in [5.41, 5.74) is 1.95. The summed E-state index contributed by atoms with van der Waals surface area (Å²) in [5.74, 6) is -0.832. The number of hydrogen-bond acceptors (Lipinski definition) is 5. The molecule has 3 saturated heterocycles. The van der Waals surface area contributed by atoms with Gasteiger partial charge >= 0.3 is 0 Å². The van der Waals surface area contributed by atoms with Gasteiger partial charge in [-0.2, -0.15) is 0 Å². The molecule has 1 saturated carbocycles. The summed E-state index contributed by atoms with van der Waals surface area (Å²) in [5, 5.41) is 0. The minimum Gasteiger partial charge on any atom is -0.330 e. The van der Waals surface area contributed by atoms with Crippen LogP contribution < -0.4 is 0 Å². The highest BCUT2D eigenvalue weighted by Crippen LogP contribution is 2.38. The molecule has 0 radical (unpaired) electrons. The van der Waals surface area contributed by atoms with Crippen LogP contribution in [0.25, 0.3) is 0 Å². The molecular formula is C31H36ClN3O5. The van der Waals surface area contributed by atoms with Gasteiger partial charge in [0, 0.05) is 13.5 Å². The highest BCUT2D eigenvalue weighted by molar-refractivity contribution is 6.08. The van der Waals surface area contributed by atoms with Crippen LogP contribution in [0, 0.1) is 17.8 Å². The second-order valence-corrected chi connectivity index (χ2v) is 10.9. The third-order valence-corrected chi connectivity index (χ3v) is 8.44. The van der Waals surface area contributed by atoms with Crippen LogP contribution in [-0.2, 0) is 37.1 Å². The summed E-state index contributed by atoms with van der Waals surface area (Å²) in [7, 11) is 0. The van der Waals surface area contributed by atoms with E-state index in [9.17, 15) is 24.0 Å². The van der Waals surface area contributed by atoms with Crippen LogP contribution in [0.3, 0.4) is 0 Å². The molecule has 2 unspecified atom stereocenters. The highest BCUT2D eigenvalue weighted by Gasteiger charge is 2.52. The normalized spacial score (nSPS) is 25.6. The van der Waals surface area contributed by atoms with Crippen LogP contribution in [-0.4, -0.2) is 56.8 Å². The van der Waals surface area contributed by atoms with E-state index in [0.717, 1.165) is 43.2 Å². The quantitative estimate of drug-likeness (QED) is 0.523. The largest absolute Gasteiger partial charge is 0.330 e. The van der Waals surface area contributed by atoms with Gasteiger partial charge < -0.3 is 4.90 Å². The second-order valence-electron chi connectivity index (χ2n) is 10.9. The van der Waals surface area contributed by atoms with Gasteiger partial charge in [-0.25, -0.2) is 0 Å². The van der Waals surface area contributed by atoms with Crippen LogP contribution in [0.2, 0.25) is 0 Å². The lowest BCUT2D eigenvalue weighted by atomic mass is 9.81. The van der Waals surface area contributed by atoms with Crippen molar-refractivity contribution >= 4 is 41.9 Å². The summed E-state index contributed by atoms with van der Waals surface area (Å²) in [6.45, 7) is 2.75. The predicted molar refractivity (Wildman–Crippen MR) is 151 cm³/mol. The van der Waals surface area contributed by atoms with Crippen LogP contribution >= 0.6 is 12.4 Å². The smallest absolute Gasteiger partial charge is 0.253 e. The minimum absolute atomic E-state index is 0. The molecule has 9 heteroatoms. The van der Waals surface area contributed by atoms with Crippen molar-refractivity contribution in [1.29, 1.82) is 0 Å². The number of fused-ring (bicyclic) bond motifs is 2. The summed E-state index contributed by atoms with van der Waals surface area (Å²) in [4.78, 5) is 65.6. The average molecular weight is 566 g/mol. The van der Waals surface area contributed by atoms with E-state index in [4.69, 9.17) is 0 Å². The monoisotopic (exact) mass is 565 g/mol. The van der Waals surface area contributed by atoms with E-state index in [0.29, 0.717) is 19.5 Å². The van der Waals surface area contributed by atoms with E-state index in [-0.39, 0.29) is 66.2 Å². The standard InChI is InChI=1S/C16H18N2O3.C15H17NO2.ClH/c1-11(19)17-9-5-8-13-14(17)16(21)18(15(13)20)10-12-6-3-2-4-7-12;17-14-12-8-4-5-9-13(12)15(18)16(14)10-11-6-2-1-3-7-11;/h2-4,6-7,13-14H,5,8-10H2,1H3;1-3,6-7,12-13H,4-5,8-10H2;1H/t13?,14-;12-,13?;/m00./s1. The van der Waals surface area contributed by atoms with Gasteiger partial charge in [-0.3, -0.25) is 33.8 Å². The molecule has 2 aromatic rings. The topological polar surface area (TPSA) is 95.1 Å². The zero-order chi connectivity index (χ0) is 27.5. The number of rotatable bonds is 4. The number of benzene rings is 2. The van der Waals surface area contributed by atoms with E-state index in [1.807, 2.05) is 60.7 Å². The maximum absolute atomic E-state index is 12.6. The molecule has 1 aliphatic carbocycles. The van der Waals surface area contributed by atoms with Gasteiger partial charge in [0.15, 0.2) is 0 Å². The van der Waals surface area contributed by atoms with Crippen molar-refractivity contribution in [2.24, 2.45) is 17.8 Å². The summed E-state index contributed by atoms with van der Waals surface area (Å²) in [6, 6.07) is 18.6. The van der Waals surface area contributed by atoms with Gasteiger partial charge in [-0.15, -0.1) is 12.4 Å². The lowest BCUT2D eigenvalue weighted by molar-refractivity contribution is -0.144. The summed E-state index contributed by atoms with van der Waals surface area (Å²) >= 11 is 0. The molecule has 4 aliphatic rings. The Balaban J connectivity index is 0.000000182. The molecule has 4 fully saturated rings. The lowest BCUT2D eigenvalue weighted by Gasteiger charge is -2.33. The number of nitrogens with zero attached hydrogens (tertiary/aromatic N) is 3. The lowest BCUT2D eigenvalue weighted by Crippen LogP contribution is -2.50. The van der Waals surface area contributed by atoms with Crippen LogP contribution in [0.5, 0.6) is 0 Å². The molecule has 5 amide bonds. The highest BCUT2D eigenvalue weighted by atomic mass is 35.5. The molecule has 0 N–H and O–H groups in total. The number of imide groups is 2. The van der Waals surface area contributed by atoms with Crippen molar-refractivity contribution in [2.75, 3.05) is 6.54 Å². The first-order valence-electron chi connectivity index (χ1n) is 13.9. The molecule has 3 heterocycles. The van der Waals surface area contributed by atoms with Crippen molar-refractivity contribution in [3.63, 3.8) is 0 Å². The Hall–Kier alpha value is -3.52. The predicted octanol–water partition coefficient (Wildman–Crippen LogP) is 3.97. The van der Waals surface area contributed by atoms with Gasteiger partial charge in [-0.1, -0.05) is 73.5 Å². The Morgan fingerprint density at radius 2 is 1.07 bits per heavy atom. The zero-order valence-electron chi connectivity index (χ0n) is 22.7. The van der Waals surface area contributed by atoms with Crippen LogP contribution in [0.4, 0.5) is 0 Å². The summed E-state index contributed by atoms with van der Waals surface area (Å²) in [6.07, 6.45) is 5.41. The average Bonchev–Trinajstić information content (AvgIpc) is 3.35. The maximum atomic E-state index is 12.6. The number of likely N-dealkylation sites (tertiary alicyclic amines) is 3. The molecule has 3 aliphatic heterocycles. The van der Waals surface area contributed by atoms with Gasteiger partial charge in [0.2, 0.25) is 23.6 Å². The summed E-state index contributed by atoms with van der Waals surface area (Å²) < 4.78 is 0. The van der Waals surface area contributed by atoms with Crippen molar-refractivity contribution in [3.8, 4) is 0 Å². The fourth-order valence-corrected chi connectivity index (χ4v) is 6.46. The van der Waals surface area contributed by atoms with E-state index in [1.54, 1.807) is 4.90 Å². The molecule has 40 heavy (non-hydrogen) atoms. The molecule has 2 aromatic carbocycles. The van der Waals surface area contributed by atoms with Gasteiger partial charge in [0.1, 0.15) is 6.04 Å². The molecule has 212 valence electrons. The Bertz CT molecular complexity index is 1230. The van der Waals surface area contributed by atoms with Crippen LogP contribution in [0.1, 0.15) is 56.6 Å². The van der Waals surface area contributed by atoms with Gasteiger partial charge in [0.05, 0.1) is 30.8 Å². The molecule has 0 bridgehead atoms. The van der Waals surface area contributed by atoms with Crippen molar-refractivity contribution in [2.45, 2.75) is 64.6 Å². The van der Waals surface area contributed by atoms with E-state index in [2.05, 4.69) is 0 Å². The van der Waals surface area contributed by atoms with Gasteiger partial charge in [0.25, 0.3) is 5.91 Å². The van der Waals surface area contributed by atoms with Crippen molar-refractivity contribution in [1.82, 2.24) is 14.7 Å². The van der Waals surface area contributed by atoms with Crippen molar-refractivity contribution in [3.05, 3.63) is 71.8 Å². The third kappa shape index (κ3) is 5.82. The molecule has 0 spiro atoms. The van der Waals surface area contributed by atoms with E-state index < -0.39 is 6.04 Å². The Kier molecular flexibility index (Phi) is 9.40. The number of carbonyl (C=O) groups is 5. The van der Waals surface area contributed by atoms with Crippen molar-refractivity contribution < 1.29 is 24.0 Å². The minimum atomic E-state index is -0.590. The second kappa shape index (κ2) is 12.8. The van der Waals surface area contributed by atoms with E-state index in [1.165, 1.54) is 16.7 Å².